The molecule has 0 bridgehead atoms. The van der Waals surface area contributed by atoms with Crippen molar-refractivity contribution in [2.45, 2.75) is 31.2 Å². The second kappa shape index (κ2) is 4.85. The van der Waals surface area contributed by atoms with Crippen LogP contribution in [0.15, 0.2) is 42.6 Å². The van der Waals surface area contributed by atoms with Crippen molar-refractivity contribution in [3.8, 4) is 0 Å². The van der Waals surface area contributed by atoms with Crippen LogP contribution in [0, 0.1) is 0 Å². The topological polar surface area (TPSA) is 30.7 Å². The zero-order valence-corrected chi connectivity index (χ0v) is 12.6. The van der Waals surface area contributed by atoms with Gasteiger partial charge in [-0.2, -0.15) is 0 Å². The first-order valence-electron chi connectivity index (χ1n) is 7.27. The van der Waals surface area contributed by atoms with E-state index in [0.717, 1.165) is 29.8 Å². The maximum atomic E-state index is 6.36. The molecule has 0 saturated heterocycles. The zero-order valence-electron chi connectivity index (χ0n) is 11.8. The van der Waals surface area contributed by atoms with Crippen molar-refractivity contribution in [3.63, 3.8) is 0 Å². The summed E-state index contributed by atoms with van der Waals surface area (Å²) in [6.07, 6.45) is 3.87. The first-order valence-corrected chi connectivity index (χ1v) is 7.71. The van der Waals surface area contributed by atoms with E-state index in [9.17, 15) is 0 Å². The van der Waals surface area contributed by atoms with Gasteiger partial charge < -0.3 is 4.57 Å². The molecule has 2 aromatic heterocycles. The summed E-state index contributed by atoms with van der Waals surface area (Å²) in [5.74, 6) is 0.920. The lowest BCUT2D eigenvalue weighted by Crippen LogP contribution is -2.13. The number of halogens is 1. The third-order valence-corrected chi connectivity index (χ3v) is 4.42. The van der Waals surface area contributed by atoms with Gasteiger partial charge in [0.25, 0.3) is 0 Å². The predicted molar refractivity (Wildman–Crippen MR) is 84.7 cm³/mol. The highest BCUT2D eigenvalue weighted by atomic mass is 35.5. The van der Waals surface area contributed by atoms with Crippen LogP contribution in [0.25, 0.3) is 11.2 Å². The maximum absolute atomic E-state index is 6.36. The van der Waals surface area contributed by atoms with Gasteiger partial charge in [0.05, 0.1) is 5.38 Å². The van der Waals surface area contributed by atoms with Gasteiger partial charge in [-0.25, -0.2) is 9.97 Å². The van der Waals surface area contributed by atoms with Gasteiger partial charge in [0.15, 0.2) is 5.65 Å². The molecule has 4 heteroatoms. The molecule has 2 heterocycles. The van der Waals surface area contributed by atoms with E-state index in [4.69, 9.17) is 11.6 Å². The van der Waals surface area contributed by atoms with Crippen molar-refractivity contribution in [1.82, 2.24) is 14.5 Å². The van der Waals surface area contributed by atoms with Crippen LogP contribution in [-0.4, -0.2) is 14.5 Å². The van der Waals surface area contributed by atoms with Gasteiger partial charge >= 0.3 is 0 Å². The average Bonchev–Trinajstić information content (AvgIpc) is 3.07. The fraction of sp³-hybridized carbons (Fsp3) is 0.294. The molecular formula is C17H16ClN3. The molecular weight excluding hydrogens is 282 g/mol. The van der Waals surface area contributed by atoms with E-state index in [-0.39, 0.29) is 5.38 Å². The summed E-state index contributed by atoms with van der Waals surface area (Å²) in [7, 11) is 0. The molecule has 0 amide bonds. The fourth-order valence-electron chi connectivity index (χ4n) is 3.31. The van der Waals surface area contributed by atoms with Gasteiger partial charge in [-0.1, -0.05) is 24.3 Å². The minimum atomic E-state index is -0.122. The van der Waals surface area contributed by atoms with E-state index in [2.05, 4.69) is 38.8 Å². The lowest BCUT2D eigenvalue weighted by Gasteiger charge is -2.16. The van der Waals surface area contributed by atoms with Crippen LogP contribution in [0.2, 0.25) is 0 Å². The Morgan fingerprint density at radius 1 is 1.14 bits per heavy atom. The molecule has 106 valence electrons. The third-order valence-electron chi connectivity index (χ3n) is 4.23. The van der Waals surface area contributed by atoms with E-state index >= 15 is 0 Å². The highest BCUT2D eigenvalue weighted by molar-refractivity contribution is 6.20. The van der Waals surface area contributed by atoms with Crippen molar-refractivity contribution in [1.29, 1.82) is 0 Å². The molecule has 0 spiro atoms. The molecule has 1 aliphatic rings. The summed E-state index contributed by atoms with van der Waals surface area (Å²) >= 11 is 6.36. The number of hydrogen-bond donors (Lipinski definition) is 0. The van der Waals surface area contributed by atoms with Crippen LogP contribution < -0.4 is 0 Å². The molecule has 4 rings (SSSR count). The summed E-state index contributed by atoms with van der Waals surface area (Å²) < 4.78 is 2.24. The number of aromatic nitrogens is 3. The first kappa shape index (κ1) is 12.8. The van der Waals surface area contributed by atoms with Crippen molar-refractivity contribution < 1.29 is 0 Å². The number of alkyl halides is 1. The molecule has 0 saturated carbocycles. The summed E-state index contributed by atoms with van der Waals surface area (Å²) in [5.41, 5.74) is 4.72. The number of fused-ring (bicyclic) bond motifs is 2. The molecule has 1 aromatic carbocycles. The normalized spacial score (nSPS) is 16.3. The number of benzene rings is 1. The Labute approximate surface area is 128 Å². The second-order valence-electron chi connectivity index (χ2n) is 5.63. The molecule has 0 aliphatic heterocycles. The fourth-order valence-corrected chi connectivity index (χ4v) is 3.46. The molecule has 1 aliphatic carbocycles. The largest absolute Gasteiger partial charge is 0.308 e. The molecule has 0 N–H and O–H groups in total. The standard InChI is InChI=1S/C17H16ClN3/c1-11(18)16-20-15-7-4-8-19-17(15)21(16)14-9-12-5-2-3-6-13(12)10-14/h2-8,11,14H,9-10H2,1H3. The van der Waals surface area contributed by atoms with Crippen molar-refractivity contribution in [2.24, 2.45) is 0 Å². The lowest BCUT2D eigenvalue weighted by molar-refractivity contribution is 0.517. The van der Waals surface area contributed by atoms with Crippen molar-refractivity contribution in [2.75, 3.05) is 0 Å². The maximum Gasteiger partial charge on any atom is 0.160 e. The Morgan fingerprint density at radius 2 is 1.86 bits per heavy atom. The van der Waals surface area contributed by atoms with E-state index in [1.165, 1.54) is 11.1 Å². The summed E-state index contributed by atoms with van der Waals surface area (Å²) in [4.78, 5) is 9.22. The Morgan fingerprint density at radius 3 is 2.52 bits per heavy atom. The van der Waals surface area contributed by atoms with E-state index in [1.54, 1.807) is 0 Å². The van der Waals surface area contributed by atoms with Crippen LogP contribution >= 0.6 is 11.6 Å². The van der Waals surface area contributed by atoms with E-state index in [1.807, 2.05) is 25.3 Å². The van der Waals surface area contributed by atoms with Crippen LogP contribution in [0.4, 0.5) is 0 Å². The van der Waals surface area contributed by atoms with Gasteiger partial charge in [0.1, 0.15) is 11.3 Å². The minimum Gasteiger partial charge on any atom is -0.308 e. The average molecular weight is 298 g/mol. The van der Waals surface area contributed by atoms with Gasteiger partial charge in [-0.15, -0.1) is 11.6 Å². The van der Waals surface area contributed by atoms with Gasteiger partial charge in [0, 0.05) is 12.2 Å². The smallest absolute Gasteiger partial charge is 0.160 e. The highest BCUT2D eigenvalue weighted by Crippen LogP contribution is 2.35. The van der Waals surface area contributed by atoms with Gasteiger partial charge in [-0.3, -0.25) is 0 Å². The Balaban J connectivity index is 1.85. The van der Waals surface area contributed by atoms with Crippen LogP contribution in [-0.2, 0) is 12.8 Å². The third kappa shape index (κ3) is 2.04. The highest BCUT2D eigenvalue weighted by Gasteiger charge is 2.27. The molecule has 0 fully saturated rings. The second-order valence-corrected chi connectivity index (χ2v) is 6.29. The molecule has 0 radical (unpaired) electrons. The Bertz CT molecular complexity index is 782. The van der Waals surface area contributed by atoms with Crippen LogP contribution in [0.5, 0.6) is 0 Å². The van der Waals surface area contributed by atoms with Crippen LogP contribution in [0.1, 0.15) is 35.3 Å². The first-order chi connectivity index (χ1) is 10.2. The number of nitrogens with zero attached hydrogens (tertiary/aromatic N) is 3. The van der Waals surface area contributed by atoms with E-state index < -0.39 is 0 Å². The molecule has 1 atom stereocenters. The summed E-state index contributed by atoms with van der Waals surface area (Å²) in [6, 6.07) is 12.9. The van der Waals surface area contributed by atoms with Crippen molar-refractivity contribution in [3.05, 3.63) is 59.5 Å². The van der Waals surface area contributed by atoms with Crippen LogP contribution in [0.3, 0.4) is 0 Å². The minimum absolute atomic E-state index is 0.122. The van der Waals surface area contributed by atoms with E-state index in [0.29, 0.717) is 6.04 Å². The number of imidazole rings is 1. The number of rotatable bonds is 2. The Hall–Kier alpha value is -1.87. The Kier molecular flexibility index (Phi) is 2.96. The number of hydrogen-bond acceptors (Lipinski definition) is 2. The molecule has 3 nitrogen and oxygen atoms in total. The monoisotopic (exact) mass is 297 g/mol. The summed E-state index contributed by atoms with van der Waals surface area (Å²) in [6.45, 7) is 1.97. The van der Waals surface area contributed by atoms with Gasteiger partial charge in [-0.05, 0) is 43.0 Å². The predicted octanol–water partition coefficient (Wildman–Crippen LogP) is 4.07. The van der Waals surface area contributed by atoms with Gasteiger partial charge in [0.2, 0.25) is 0 Å². The molecule has 21 heavy (non-hydrogen) atoms. The lowest BCUT2D eigenvalue weighted by atomic mass is 10.1. The SMILES string of the molecule is CC(Cl)c1nc2cccnc2n1C1Cc2ccccc2C1. The molecule has 1 unspecified atom stereocenters. The number of pyridine rings is 1. The quantitative estimate of drug-likeness (QED) is 0.668. The summed E-state index contributed by atoms with van der Waals surface area (Å²) in [5, 5.41) is -0.122. The van der Waals surface area contributed by atoms with Crippen molar-refractivity contribution >= 4 is 22.8 Å². The molecule has 3 aromatic rings. The zero-order chi connectivity index (χ0) is 14.4.